The van der Waals surface area contributed by atoms with Crippen LogP contribution in [0, 0.1) is 18.8 Å². The first kappa shape index (κ1) is 24.8. The third-order valence-electron chi connectivity index (χ3n) is 6.52. The monoisotopic (exact) mass is 528 g/mol. The van der Waals surface area contributed by atoms with Crippen molar-refractivity contribution in [3.05, 3.63) is 118 Å². The van der Waals surface area contributed by atoms with Gasteiger partial charge in [-0.25, -0.2) is 14.5 Å². The Morgan fingerprint density at radius 2 is 1.88 bits per heavy atom. The number of hydrogen-bond acceptors (Lipinski definition) is 6. The van der Waals surface area contributed by atoms with Crippen molar-refractivity contribution in [3.63, 3.8) is 0 Å². The van der Waals surface area contributed by atoms with Crippen molar-refractivity contribution in [2.24, 2.45) is 7.05 Å². The van der Waals surface area contributed by atoms with Crippen LogP contribution in [0.15, 0.2) is 84.2 Å². The molecule has 40 heavy (non-hydrogen) atoms. The average molecular weight is 529 g/mol. The van der Waals surface area contributed by atoms with Crippen LogP contribution in [0.1, 0.15) is 46.0 Å². The number of hydrogen-bond donors (Lipinski definition) is 1. The van der Waals surface area contributed by atoms with Gasteiger partial charge in [-0.2, -0.15) is 10.2 Å². The molecule has 0 spiro atoms. The fourth-order valence-corrected chi connectivity index (χ4v) is 4.69. The van der Waals surface area contributed by atoms with Crippen molar-refractivity contribution in [1.82, 2.24) is 39.2 Å². The molecule has 0 saturated heterocycles. The van der Waals surface area contributed by atoms with Gasteiger partial charge < -0.3 is 5.32 Å². The van der Waals surface area contributed by atoms with Crippen LogP contribution in [0.5, 0.6) is 0 Å². The number of carbonyl (C=O) groups is 1. The van der Waals surface area contributed by atoms with Crippen molar-refractivity contribution in [2.75, 3.05) is 0 Å². The van der Waals surface area contributed by atoms with Gasteiger partial charge in [0, 0.05) is 31.2 Å². The summed E-state index contributed by atoms with van der Waals surface area (Å²) in [6, 6.07) is 15.7. The molecule has 6 rings (SSSR count). The van der Waals surface area contributed by atoms with Gasteiger partial charge in [0.15, 0.2) is 5.65 Å². The Morgan fingerprint density at radius 3 is 2.65 bits per heavy atom. The molecule has 10 nitrogen and oxygen atoms in total. The molecule has 1 amide bonds. The van der Waals surface area contributed by atoms with E-state index in [2.05, 4.69) is 32.3 Å². The minimum Gasteiger partial charge on any atom is -0.342 e. The molecule has 1 unspecified atom stereocenters. The van der Waals surface area contributed by atoms with E-state index in [1.165, 1.54) is 4.57 Å². The number of benzene rings is 2. The van der Waals surface area contributed by atoms with E-state index in [1.807, 2.05) is 49.6 Å². The van der Waals surface area contributed by atoms with Crippen molar-refractivity contribution in [1.29, 1.82) is 0 Å². The van der Waals surface area contributed by atoms with Gasteiger partial charge in [-0.15, -0.1) is 0 Å². The van der Waals surface area contributed by atoms with Gasteiger partial charge in [-0.3, -0.25) is 18.8 Å². The van der Waals surface area contributed by atoms with Crippen LogP contribution in [-0.4, -0.2) is 39.8 Å². The number of para-hydroxylation sites is 1. The standard InChI is InChI=1S/C30H24N8O2/c1-19-25(28-31-15-8-16-37(28)35-19)29(39)33-20(2)27-34-24-12-7-9-22(14-13-21-17-32-36(3)18-21)26(24)30(40)38(27)23-10-5-4-6-11-23/h4-12,15-18,20H,1-3H3,(H,33,39). The summed E-state index contributed by atoms with van der Waals surface area (Å²) in [5.41, 5.74) is 3.50. The summed E-state index contributed by atoms with van der Waals surface area (Å²) >= 11 is 0. The summed E-state index contributed by atoms with van der Waals surface area (Å²) in [6.07, 6.45) is 6.83. The van der Waals surface area contributed by atoms with Crippen molar-refractivity contribution >= 4 is 22.5 Å². The first-order valence-corrected chi connectivity index (χ1v) is 12.6. The van der Waals surface area contributed by atoms with E-state index in [4.69, 9.17) is 4.98 Å². The molecule has 4 aromatic heterocycles. The van der Waals surface area contributed by atoms with Crippen LogP contribution in [0.25, 0.3) is 22.2 Å². The molecule has 0 radical (unpaired) electrons. The van der Waals surface area contributed by atoms with Crippen molar-refractivity contribution in [3.8, 4) is 17.5 Å². The van der Waals surface area contributed by atoms with Crippen LogP contribution in [0.2, 0.25) is 0 Å². The third kappa shape index (κ3) is 4.39. The highest BCUT2D eigenvalue weighted by Crippen LogP contribution is 2.21. The predicted molar refractivity (Wildman–Crippen MR) is 150 cm³/mol. The molecule has 0 aliphatic rings. The highest BCUT2D eigenvalue weighted by Gasteiger charge is 2.24. The summed E-state index contributed by atoms with van der Waals surface area (Å²) in [7, 11) is 1.82. The van der Waals surface area contributed by atoms with E-state index in [1.54, 1.807) is 59.8 Å². The molecule has 0 bridgehead atoms. The van der Waals surface area contributed by atoms with E-state index in [0.29, 0.717) is 44.9 Å². The Bertz CT molecular complexity index is 2030. The minimum absolute atomic E-state index is 0.280. The quantitative estimate of drug-likeness (QED) is 0.351. The van der Waals surface area contributed by atoms with Gasteiger partial charge in [0.25, 0.3) is 11.5 Å². The van der Waals surface area contributed by atoms with Crippen LogP contribution < -0.4 is 10.9 Å². The predicted octanol–water partition coefficient (Wildman–Crippen LogP) is 3.36. The van der Waals surface area contributed by atoms with Gasteiger partial charge >= 0.3 is 0 Å². The summed E-state index contributed by atoms with van der Waals surface area (Å²) in [6.45, 7) is 3.56. The minimum atomic E-state index is -0.631. The molecule has 2 aromatic carbocycles. The first-order chi connectivity index (χ1) is 19.4. The zero-order valence-electron chi connectivity index (χ0n) is 22.0. The second-order valence-corrected chi connectivity index (χ2v) is 9.34. The summed E-state index contributed by atoms with van der Waals surface area (Å²) in [5, 5.41) is 11.9. The lowest BCUT2D eigenvalue weighted by atomic mass is 10.1. The molecule has 1 N–H and O–H groups in total. The largest absolute Gasteiger partial charge is 0.342 e. The number of nitrogens with one attached hydrogen (secondary N) is 1. The molecule has 0 aliphatic heterocycles. The van der Waals surface area contributed by atoms with Gasteiger partial charge in [0.1, 0.15) is 11.4 Å². The molecule has 6 aromatic rings. The fourth-order valence-electron chi connectivity index (χ4n) is 4.69. The highest BCUT2D eigenvalue weighted by atomic mass is 16.2. The van der Waals surface area contributed by atoms with E-state index >= 15 is 0 Å². The van der Waals surface area contributed by atoms with Crippen molar-refractivity contribution in [2.45, 2.75) is 19.9 Å². The average Bonchev–Trinajstić information content (AvgIpc) is 3.53. The number of amides is 1. The van der Waals surface area contributed by atoms with Crippen molar-refractivity contribution < 1.29 is 4.79 Å². The Morgan fingerprint density at radius 1 is 1.05 bits per heavy atom. The van der Waals surface area contributed by atoms with E-state index in [9.17, 15) is 9.59 Å². The molecular formula is C30H24N8O2. The number of fused-ring (bicyclic) bond motifs is 2. The molecule has 4 heterocycles. The molecule has 0 aliphatic carbocycles. The van der Waals surface area contributed by atoms with E-state index < -0.39 is 6.04 Å². The van der Waals surface area contributed by atoms with Crippen LogP contribution in [0.3, 0.4) is 0 Å². The molecule has 0 saturated carbocycles. The summed E-state index contributed by atoms with van der Waals surface area (Å²) < 4.78 is 4.77. The second-order valence-electron chi connectivity index (χ2n) is 9.34. The third-order valence-corrected chi connectivity index (χ3v) is 6.52. The summed E-state index contributed by atoms with van der Waals surface area (Å²) in [5.74, 6) is 6.22. The Balaban J connectivity index is 1.48. The number of carbonyl (C=O) groups excluding carboxylic acids is 1. The molecule has 196 valence electrons. The smallest absolute Gasteiger partial charge is 0.267 e. The molecule has 10 heteroatoms. The van der Waals surface area contributed by atoms with E-state index in [0.717, 1.165) is 5.56 Å². The van der Waals surface area contributed by atoms with Crippen LogP contribution in [-0.2, 0) is 7.05 Å². The second kappa shape index (κ2) is 9.96. The van der Waals surface area contributed by atoms with Crippen LogP contribution in [0.4, 0.5) is 0 Å². The maximum Gasteiger partial charge on any atom is 0.267 e. The lowest BCUT2D eigenvalue weighted by Crippen LogP contribution is -2.33. The van der Waals surface area contributed by atoms with Gasteiger partial charge in [0.05, 0.1) is 40.1 Å². The van der Waals surface area contributed by atoms with Gasteiger partial charge in [-0.1, -0.05) is 36.1 Å². The molecule has 0 fully saturated rings. The van der Waals surface area contributed by atoms with Gasteiger partial charge in [0.2, 0.25) is 0 Å². The van der Waals surface area contributed by atoms with E-state index in [-0.39, 0.29) is 11.5 Å². The topological polar surface area (TPSA) is 112 Å². The lowest BCUT2D eigenvalue weighted by molar-refractivity contribution is 0.0938. The Labute approximate surface area is 228 Å². The molecule has 1 atom stereocenters. The normalized spacial score (nSPS) is 11.8. The Hall–Kier alpha value is -5.56. The number of aryl methyl sites for hydroxylation is 2. The highest BCUT2D eigenvalue weighted by molar-refractivity contribution is 6.01. The fraction of sp³-hybridized carbons (Fsp3) is 0.133. The lowest BCUT2D eigenvalue weighted by Gasteiger charge is -2.20. The zero-order valence-corrected chi connectivity index (χ0v) is 22.0. The zero-order chi connectivity index (χ0) is 27.8. The summed E-state index contributed by atoms with van der Waals surface area (Å²) in [4.78, 5) is 36.8. The number of aromatic nitrogens is 7. The van der Waals surface area contributed by atoms with Gasteiger partial charge in [-0.05, 0) is 44.2 Å². The molecular weight excluding hydrogens is 504 g/mol. The van der Waals surface area contributed by atoms with Crippen LogP contribution >= 0.6 is 0 Å². The SMILES string of the molecule is Cc1nn2cccnc2c1C(=O)NC(C)c1nc2cccc(C#Cc3cnn(C)c3)c2c(=O)n1-c1ccccc1. The maximum absolute atomic E-state index is 14.1. The number of rotatable bonds is 4. The first-order valence-electron chi connectivity index (χ1n) is 12.6. The maximum atomic E-state index is 14.1. The Kier molecular flexibility index (Phi) is 6.16. The number of nitrogens with zero attached hydrogens (tertiary/aromatic N) is 7.